The second kappa shape index (κ2) is 9.15. The first-order valence-corrected chi connectivity index (χ1v) is 8.53. The summed E-state index contributed by atoms with van der Waals surface area (Å²) in [5.41, 5.74) is 6.98. The summed E-state index contributed by atoms with van der Waals surface area (Å²) in [6.45, 7) is 0.523. The number of guanidine groups is 1. The second-order valence-electron chi connectivity index (χ2n) is 6.40. The van der Waals surface area contributed by atoms with Crippen molar-refractivity contribution >= 4 is 11.9 Å². The van der Waals surface area contributed by atoms with Crippen molar-refractivity contribution in [2.24, 2.45) is 10.7 Å². The highest BCUT2D eigenvalue weighted by Crippen LogP contribution is 2.17. The number of benzene rings is 1. The van der Waals surface area contributed by atoms with Crippen LogP contribution in [0.25, 0.3) is 0 Å². The number of ether oxygens (including phenoxy) is 1. The first-order chi connectivity index (χ1) is 11.5. The molecule has 6 heteroatoms. The van der Waals surface area contributed by atoms with Crippen molar-refractivity contribution in [3.8, 4) is 5.75 Å². The largest absolute Gasteiger partial charge is 0.484 e. The summed E-state index contributed by atoms with van der Waals surface area (Å²) in [7, 11) is 3.41. The van der Waals surface area contributed by atoms with E-state index in [-0.39, 0.29) is 12.5 Å². The maximum atomic E-state index is 11.6. The lowest BCUT2D eigenvalue weighted by molar-refractivity contribution is -0.130. The summed E-state index contributed by atoms with van der Waals surface area (Å²) in [5.74, 6) is 1.09. The van der Waals surface area contributed by atoms with Gasteiger partial charge in [-0.25, -0.2) is 4.99 Å². The van der Waals surface area contributed by atoms with Gasteiger partial charge in [-0.15, -0.1) is 0 Å². The van der Waals surface area contributed by atoms with E-state index >= 15 is 0 Å². The molecule has 2 rings (SSSR count). The monoisotopic (exact) mass is 332 g/mol. The molecule has 1 aromatic rings. The highest BCUT2D eigenvalue weighted by Gasteiger charge is 2.13. The third-order valence-corrected chi connectivity index (χ3v) is 4.15. The molecule has 1 fully saturated rings. The molecule has 24 heavy (non-hydrogen) atoms. The van der Waals surface area contributed by atoms with Crippen LogP contribution in [-0.2, 0) is 11.3 Å². The van der Waals surface area contributed by atoms with Crippen LogP contribution in [0.4, 0.5) is 0 Å². The highest BCUT2D eigenvalue weighted by atomic mass is 16.5. The van der Waals surface area contributed by atoms with E-state index in [1.807, 2.05) is 24.3 Å². The van der Waals surface area contributed by atoms with Crippen molar-refractivity contribution in [3.63, 3.8) is 0 Å². The van der Waals surface area contributed by atoms with E-state index in [9.17, 15) is 4.79 Å². The molecule has 6 nitrogen and oxygen atoms in total. The first kappa shape index (κ1) is 18.1. The minimum absolute atomic E-state index is 0.0328. The Morgan fingerprint density at radius 3 is 2.79 bits per heavy atom. The van der Waals surface area contributed by atoms with E-state index in [0.29, 0.717) is 24.3 Å². The second-order valence-corrected chi connectivity index (χ2v) is 6.40. The minimum atomic E-state index is -0.0700. The molecular weight excluding hydrogens is 304 g/mol. The standard InChI is InChI=1S/C18H28N4O2/c1-22(2)17(23)13-24-16-10-6-7-14(11-16)12-20-18(19)21-15-8-4-3-5-9-15/h6-7,10-11,15H,3-5,8-9,12-13H2,1-2H3,(H3,19,20,21). The van der Waals surface area contributed by atoms with Gasteiger partial charge >= 0.3 is 0 Å². The van der Waals surface area contributed by atoms with Gasteiger partial charge < -0.3 is 20.7 Å². The molecule has 0 bridgehead atoms. The summed E-state index contributed by atoms with van der Waals surface area (Å²) in [6, 6.07) is 8.04. The Balaban J connectivity index is 1.84. The van der Waals surface area contributed by atoms with Crippen molar-refractivity contribution in [3.05, 3.63) is 29.8 Å². The van der Waals surface area contributed by atoms with E-state index in [2.05, 4.69) is 10.3 Å². The van der Waals surface area contributed by atoms with Gasteiger partial charge in [-0.3, -0.25) is 4.79 Å². The van der Waals surface area contributed by atoms with Crippen LogP contribution in [0.15, 0.2) is 29.3 Å². The number of hydrogen-bond donors (Lipinski definition) is 2. The van der Waals surface area contributed by atoms with E-state index in [1.54, 1.807) is 14.1 Å². The zero-order chi connectivity index (χ0) is 17.4. The number of carbonyl (C=O) groups is 1. The highest BCUT2D eigenvalue weighted by molar-refractivity contribution is 5.78. The fourth-order valence-electron chi connectivity index (χ4n) is 2.69. The first-order valence-electron chi connectivity index (χ1n) is 8.53. The van der Waals surface area contributed by atoms with Crippen LogP contribution in [0.5, 0.6) is 5.75 Å². The Hall–Kier alpha value is -2.24. The van der Waals surface area contributed by atoms with Crippen molar-refractivity contribution in [1.29, 1.82) is 0 Å². The molecule has 3 N–H and O–H groups in total. The van der Waals surface area contributed by atoms with Gasteiger partial charge in [0.05, 0.1) is 6.54 Å². The topological polar surface area (TPSA) is 80.0 Å². The quantitative estimate of drug-likeness (QED) is 0.616. The number of hydrogen-bond acceptors (Lipinski definition) is 3. The Bertz CT molecular complexity index is 566. The Labute approximate surface area is 144 Å². The van der Waals surface area contributed by atoms with Crippen LogP contribution in [0, 0.1) is 0 Å². The number of rotatable bonds is 6. The maximum absolute atomic E-state index is 11.6. The Morgan fingerprint density at radius 2 is 2.08 bits per heavy atom. The number of likely N-dealkylation sites (N-methyl/N-ethyl adjacent to an activating group) is 1. The van der Waals surface area contributed by atoms with Gasteiger partial charge in [0.2, 0.25) is 0 Å². The SMILES string of the molecule is CN(C)C(=O)COc1cccc(CN=C(N)NC2CCCCC2)c1. The van der Waals surface area contributed by atoms with Crippen molar-refractivity contribution in [1.82, 2.24) is 10.2 Å². The molecule has 0 spiro atoms. The van der Waals surface area contributed by atoms with Crippen molar-refractivity contribution < 1.29 is 9.53 Å². The number of nitrogens with zero attached hydrogens (tertiary/aromatic N) is 2. The van der Waals surface area contributed by atoms with Crippen LogP contribution in [-0.4, -0.2) is 43.5 Å². The Morgan fingerprint density at radius 1 is 1.33 bits per heavy atom. The van der Waals surface area contributed by atoms with Crippen LogP contribution >= 0.6 is 0 Å². The van der Waals surface area contributed by atoms with Crippen LogP contribution < -0.4 is 15.8 Å². The van der Waals surface area contributed by atoms with Crippen molar-refractivity contribution in [2.75, 3.05) is 20.7 Å². The van der Waals surface area contributed by atoms with Crippen LogP contribution in [0.1, 0.15) is 37.7 Å². The predicted molar refractivity (Wildman–Crippen MR) is 96.0 cm³/mol. The van der Waals surface area contributed by atoms with Gasteiger partial charge in [0.1, 0.15) is 5.75 Å². The molecule has 0 saturated heterocycles. The number of nitrogens with two attached hydrogens (primary N) is 1. The summed E-state index contributed by atoms with van der Waals surface area (Å²) in [5, 5.41) is 3.30. The average molecular weight is 332 g/mol. The number of amides is 1. The maximum Gasteiger partial charge on any atom is 0.259 e. The molecule has 1 aromatic carbocycles. The number of nitrogens with one attached hydrogen (secondary N) is 1. The molecule has 0 radical (unpaired) electrons. The van der Waals surface area contributed by atoms with Crippen molar-refractivity contribution in [2.45, 2.75) is 44.7 Å². The van der Waals surface area contributed by atoms with Gasteiger partial charge in [-0.05, 0) is 30.5 Å². The number of aliphatic imine (C=N–C) groups is 1. The smallest absolute Gasteiger partial charge is 0.259 e. The normalized spacial score (nSPS) is 15.8. The molecule has 0 atom stereocenters. The van der Waals surface area contributed by atoms with E-state index in [4.69, 9.17) is 10.5 Å². The van der Waals surface area contributed by atoms with Gasteiger partial charge in [0.25, 0.3) is 5.91 Å². The third-order valence-electron chi connectivity index (χ3n) is 4.15. The summed E-state index contributed by atoms with van der Waals surface area (Å²) >= 11 is 0. The molecule has 0 heterocycles. The summed E-state index contributed by atoms with van der Waals surface area (Å²) < 4.78 is 5.51. The van der Waals surface area contributed by atoms with E-state index in [1.165, 1.54) is 37.0 Å². The molecule has 1 aliphatic rings. The lowest BCUT2D eigenvalue weighted by atomic mass is 9.96. The van der Waals surface area contributed by atoms with Gasteiger partial charge in [-0.2, -0.15) is 0 Å². The lowest BCUT2D eigenvalue weighted by Crippen LogP contribution is -2.41. The summed E-state index contributed by atoms with van der Waals surface area (Å²) in [6.07, 6.45) is 6.17. The minimum Gasteiger partial charge on any atom is -0.484 e. The average Bonchev–Trinajstić information content (AvgIpc) is 2.59. The number of carbonyl (C=O) groups excluding carboxylic acids is 1. The molecule has 1 saturated carbocycles. The van der Waals surface area contributed by atoms with Gasteiger partial charge in [0, 0.05) is 20.1 Å². The molecule has 0 aromatic heterocycles. The predicted octanol–water partition coefficient (Wildman–Crippen LogP) is 1.89. The molecule has 132 valence electrons. The van der Waals surface area contributed by atoms with Gasteiger partial charge in [0.15, 0.2) is 12.6 Å². The van der Waals surface area contributed by atoms with E-state index < -0.39 is 0 Å². The third kappa shape index (κ3) is 6.10. The summed E-state index contributed by atoms with van der Waals surface area (Å²) in [4.78, 5) is 17.5. The molecule has 1 amide bonds. The van der Waals surface area contributed by atoms with E-state index in [0.717, 1.165) is 5.56 Å². The molecular formula is C18H28N4O2. The van der Waals surface area contributed by atoms with Gasteiger partial charge in [-0.1, -0.05) is 31.4 Å². The molecule has 1 aliphatic carbocycles. The lowest BCUT2D eigenvalue weighted by Gasteiger charge is -2.23. The van der Waals surface area contributed by atoms with Crippen LogP contribution in [0.3, 0.4) is 0 Å². The fraction of sp³-hybridized carbons (Fsp3) is 0.556. The molecule has 0 aliphatic heterocycles. The zero-order valence-corrected chi connectivity index (χ0v) is 14.6. The fourth-order valence-corrected chi connectivity index (χ4v) is 2.69. The molecule has 0 unspecified atom stereocenters. The Kier molecular flexibility index (Phi) is 6.90. The zero-order valence-electron chi connectivity index (χ0n) is 14.6. The van der Waals surface area contributed by atoms with Crippen LogP contribution in [0.2, 0.25) is 0 Å².